The number of carbonyl (C=O) groups excluding carboxylic acids is 1. The lowest BCUT2D eigenvalue weighted by Crippen LogP contribution is -2.41. The Morgan fingerprint density at radius 1 is 1.25 bits per heavy atom. The normalized spacial score (nSPS) is 36.9. The van der Waals surface area contributed by atoms with Gasteiger partial charge in [-0.2, -0.15) is 0 Å². The fraction of sp³-hybridized carbons (Fsp3) is 0.710. The molecule has 4 N–H and O–H groups in total. The fourth-order valence-electron chi connectivity index (χ4n) is 7.07. The number of ether oxygens (including phenoxy) is 1. The SMILES string of the molecule is C=C1/C(=C/C=C2CCC[C@]3(C)[C@@H]([C@H](N)/C=C/CC4(C(=O)OCCCC)CC4)CC[C@@H]23)C[C@@H](O)CC1O. The van der Waals surface area contributed by atoms with Gasteiger partial charge in [0, 0.05) is 12.5 Å². The molecule has 0 heterocycles. The molecule has 0 amide bonds. The Kier molecular flexibility index (Phi) is 8.63. The van der Waals surface area contributed by atoms with E-state index < -0.39 is 12.2 Å². The van der Waals surface area contributed by atoms with Gasteiger partial charge in [0.1, 0.15) is 0 Å². The van der Waals surface area contributed by atoms with E-state index in [0.29, 0.717) is 31.3 Å². The monoisotopic (exact) mass is 497 g/mol. The number of hydrogen-bond acceptors (Lipinski definition) is 5. The molecule has 0 aromatic carbocycles. The minimum absolute atomic E-state index is 0.00645. The quantitative estimate of drug-likeness (QED) is 0.221. The van der Waals surface area contributed by atoms with Gasteiger partial charge in [0.05, 0.1) is 24.2 Å². The molecule has 36 heavy (non-hydrogen) atoms. The predicted molar refractivity (Wildman–Crippen MR) is 144 cm³/mol. The minimum Gasteiger partial charge on any atom is -0.465 e. The van der Waals surface area contributed by atoms with E-state index in [2.05, 4.69) is 44.7 Å². The van der Waals surface area contributed by atoms with Crippen LogP contribution in [0, 0.1) is 22.7 Å². The van der Waals surface area contributed by atoms with Crippen molar-refractivity contribution in [2.45, 2.75) is 109 Å². The maximum Gasteiger partial charge on any atom is 0.312 e. The minimum atomic E-state index is -0.649. The number of aliphatic hydroxyl groups is 2. The van der Waals surface area contributed by atoms with Crippen LogP contribution in [0.1, 0.15) is 90.9 Å². The number of nitrogens with two attached hydrogens (primary N) is 1. The van der Waals surface area contributed by atoms with E-state index in [1.807, 2.05) is 0 Å². The van der Waals surface area contributed by atoms with Gasteiger partial charge in [0.2, 0.25) is 0 Å². The highest BCUT2D eigenvalue weighted by molar-refractivity contribution is 5.80. The van der Waals surface area contributed by atoms with Gasteiger partial charge in [0.15, 0.2) is 0 Å². The van der Waals surface area contributed by atoms with E-state index in [0.717, 1.165) is 68.9 Å². The zero-order valence-corrected chi connectivity index (χ0v) is 22.4. The van der Waals surface area contributed by atoms with Gasteiger partial charge in [-0.1, -0.05) is 56.7 Å². The first-order chi connectivity index (χ1) is 17.2. The molecule has 4 rings (SSSR count). The molecule has 0 bridgehead atoms. The van der Waals surface area contributed by atoms with Crippen molar-refractivity contribution in [3.8, 4) is 0 Å². The zero-order valence-electron chi connectivity index (χ0n) is 22.4. The van der Waals surface area contributed by atoms with Crippen molar-refractivity contribution in [2.24, 2.45) is 28.4 Å². The Balaban J connectivity index is 1.39. The highest BCUT2D eigenvalue weighted by atomic mass is 16.5. The van der Waals surface area contributed by atoms with Gasteiger partial charge in [0.25, 0.3) is 0 Å². The average Bonchev–Trinajstić information content (AvgIpc) is 3.54. The first-order valence-corrected chi connectivity index (χ1v) is 14.2. The molecule has 0 radical (unpaired) electrons. The zero-order chi connectivity index (χ0) is 25.9. The third-order valence-electron chi connectivity index (χ3n) is 9.65. The summed E-state index contributed by atoms with van der Waals surface area (Å²) in [5.41, 5.74) is 9.84. The topological polar surface area (TPSA) is 92.8 Å². The van der Waals surface area contributed by atoms with E-state index >= 15 is 0 Å². The van der Waals surface area contributed by atoms with Crippen molar-refractivity contribution in [2.75, 3.05) is 6.61 Å². The fourth-order valence-corrected chi connectivity index (χ4v) is 7.07. The van der Waals surface area contributed by atoms with Crippen LogP contribution < -0.4 is 5.73 Å². The second-order valence-electron chi connectivity index (χ2n) is 12.1. The molecule has 4 fully saturated rings. The third-order valence-corrected chi connectivity index (χ3v) is 9.65. The number of hydrogen-bond donors (Lipinski definition) is 3. The summed E-state index contributed by atoms with van der Waals surface area (Å²) in [5.74, 6) is 0.913. The highest BCUT2D eigenvalue weighted by Crippen LogP contribution is 2.58. The van der Waals surface area contributed by atoms with Crippen molar-refractivity contribution >= 4 is 5.97 Å². The number of carbonyl (C=O) groups is 1. The van der Waals surface area contributed by atoms with Crippen LogP contribution in [0.5, 0.6) is 0 Å². The number of fused-ring (bicyclic) bond motifs is 1. The first kappa shape index (κ1) is 27.3. The smallest absolute Gasteiger partial charge is 0.312 e. The molecule has 0 spiro atoms. The molecule has 0 aliphatic heterocycles. The predicted octanol–water partition coefficient (Wildman–Crippen LogP) is 5.52. The third kappa shape index (κ3) is 5.74. The molecule has 4 saturated carbocycles. The summed E-state index contributed by atoms with van der Waals surface area (Å²) in [5, 5.41) is 20.3. The molecule has 1 unspecified atom stereocenters. The molecule has 4 aliphatic rings. The van der Waals surface area contributed by atoms with E-state index in [1.165, 1.54) is 12.0 Å². The summed E-state index contributed by atoms with van der Waals surface area (Å²) in [6, 6.07) is -0.00645. The maximum absolute atomic E-state index is 12.5. The summed E-state index contributed by atoms with van der Waals surface area (Å²) < 4.78 is 5.50. The van der Waals surface area contributed by atoms with Gasteiger partial charge in [-0.3, -0.25) is 4.79 Å². The second-order valence-corrected chi connectivity index (χ2v) is 12.1. The number of aliphatic hydroxyl groups excluding tert-OH is 2. The molecule has 6 atom stereocenters. The maximum atomic E-state index is 12.5. The Morgan fingerprint density at radius 3 is 2.75 bits per heavy atom. The van der Waals surface area contributed by atoms with E-state index in [1.54, 1.807) is 0 Å². The average molecular weight is 498 g/mol. The molecular weight excluding hydrogens is 450 g/mol. The molecule has 4 aliphatic carbocycles. The standard InChI is InChI=1S/C31H47NO4/c1-4-5-18-36-29(35)31(16-17-31)15-7-9-27(32)26-13-12-25-22(8-6-14-30(25,26)3)10-11-23-19-24(33)20-28(34)21(23)2/h7,9-11,24-28,33-34H,2,4-6,8,12-20,32H2,1,3H3/b9-7+,22-10?,23-11+/t24-,25+,26-,27-,28?,30+/m1/s1. The first-order valence-electron chi connectivity index (χ1n) is 14.2. The van der Waals surface area contributed by atoms with Crippen LogP contribution in [0.4, 0.5) is 0 Å². The molecular formula is C31H47NO4. The van der Waals surface area contributed by atoms with Crippen LogP contribution in [0.15, 0.2) is 47.6 Å². The van der Waals surface area contributed by atoms with Crippen LogP contribution in [-0.4, -0.2) is 41.0 Å². The van der Waals surface area contributed by atoms with Crippen molar-refractivity contribution < 1.29 is 19.7 Å². The Morgan fingerprint density at radius 2 is 2.03 bits per heavy atom. The van der Waals surface area contributed by atoms with Crippen LogP contribution in [0.2, 0.25) is 0 Å². The Hall–Kier alpha value is -1.69. The highest BCUT2D eigenvalue weighted by Gasteiger charge is 2.52. The molecule has 0 aromatic rings. The summed E-state index contributed by atoms with van der Waals surface area (Å²) in [6.45, 7) is 9.11. The molecule has 0 aromatic heterocycles. The van der Waals surface area contributed by atoms with Gasteiger partial charge < -0.3 is 20.7 Å². The van der Waals surface area contributed by atoms with E-state index in [9.17, 15) is 15.0 Å². The van der Waals surface area contributed by atoms with Gasteiger partial charge in [-0.25, -0.2) is 0 Å². The molecule has 5 heteroatoms. The molecule has 200 valence electrons. The largest absolute Gasteiger partial charge is 0.465 e. The number of rotatable bonds is 9. The Labute approximate surface area is 217 Å². The summed E-state index contributed by atoms with van der Waals surface area (Å²) in [4.78, 5) is 12.5. The lowest BCUT2D eigenvalue weighted by Gasteiger charge is -2.43. The van der Waals surface area contributed by atoms with Crippen LogP contribution in [-0.2, 0) is 9.53 Å². The van der Waals surface area contributed by atoms with E-state index in [4.69, 9.17) is 10.5 Å². The lowest BCUT2D eigenvalue weighted by atomic mass is 9.62. The van der Waals surface area contributed by atoms with Crippen LogP contribution in [0.25, 0.3) is 0 Å². The number of unbranched alkanes of at least 4 members (excludes halogenated alkanes) is 1. The van der Waals surface area contributed by atoms with Crippen molar-refractivity contribution in [1.29, 1.82) is 0 Å². The van der Waals surface area contributed by atoms with Crippen molar-refractivity contribution in [3.63, 3.8) is 0 Å². The second kappa shape index (κ2) is 11.4. The van der Waals surface area contributed by atoms with Gasteiger partial charge >= 0.3 is 5.97 Å². The summed E-state index contributed by atoms with van der Waals surface area (Å²) in [6.07, 6.45) is 18.7. The number of esters is 1. The lowest BCUT2D eigenvalue weighted by molar-refractivity contribution is -0.150. The van der Waals surface area contributed by atoms with Crippen molar-refractivity contribution in [1.82, 2.24) is 0 Å². The van der Waals surface area contributed by atoms with Gasteiger partial charge in [-0.05, 0) is 92.6 Å². The summed E-state index contributed by atoms with van der Waals surface area (Å²) >= 11 is 0. The Bertz CT molecular complexity index is 914. The number of allylic oxidation sites excluding steroid dienone is 4. The molecule has 5 nitrogen and oxygen atoms in total. The summed E-state index contributed by atoms with van der Waals surface area (Å²) in [7, 11) is 0. The van der Waals surface area contributed by atoms with Crippen LogP contribution in [0.3, 0.4) is 0 Å². The molecule has 0 saturated heterocycles. The van der Waals surface area contributed by atoms with E-state index in [-0.39, 0.29) is 22.8 Å². The van der Waals surface area contributed by atoms with Gasteiger partial charge in [-0.15, -0.1) is 0 Å². The van der Waals surface area contributed by atoms with Crippen LogP contribution >= 0.6 is 0 Å². The van der Waals surface area contributed by atoms with Crippen molar-refractivity contribution in [3.05, 3.63) is 47.6 Å².